The number of rotatable bonds is 5. The van der Waals surface area contributed by atoms with Crippen molar-refractivity contribution in [1.82, 2.24) is 0 Å². The minimum atomic E-state index is -4.33. The summed E-state index contributed by atoms with van der Waals surface area (Å²) in [6.45, 7) is 3.84. The van der Waals surface area contributed by atoms with E-state index in [1.807, 2.05) is 30.3 Å². The quantitative estimate of drug-likeness (QED) is 0.264. The molecule has 0 aliphatic heterocycles. The molecule has 1 fully saturated rings. The molecule has 0 heterocycles. The molecule has 0 spiro atoms. The van der Waals surface area contributed by atoms with Gasteiger partial charge >= 0.3 is 6.18 Å². The maximum atomic E-state index is 12.7. The SMILES string of the molecule is C=CCCC1CCC(c2ccc(-c3ccc(C#Cc4ccc(C(F)(F)F)cc4)cc3)cc2)CC1. The summed E-state index contributed by atoms with van der Waals surface area (Å²) in [5, 5.41) is 0. The Balaban J connectivity index is 1.36. The van der Waals surface area contributed by atoms with E-state index >= 15 is 0 Å². The molecular formula is C31H29F3. The van der Waals surface area contributed by atoms with E-state index in [4.69, 9.17) is 0 Å². The van der Waals surface area contributed by atoms with Gasteiger partial charge in [0.05, 0.1) is 5.56 Å². The average Bonchev–Trinajstić information content (AvgIpc) is 2.87. The predicted octanol–water partition coefficient (Wildman–Crippen LogP) is 9.01. The van der Waals surface area contributed by atoms with Crippen LogP contribution in [0.3, 0.4) is 0 Å². The first-order chi connectivity index (χ1) is 16.4. The molecule has 0 saturated heterocycles. The van der Waals surface area contributed by atoms with Crippen LogP contribution in [-0.2, 0) is 6.18 Å². The first-order valence-electron chi connectivity index (χ1n) is 11.9. The molecule has 0 aromatic heterocycles. The van der Waals surface area contributed by atoms with Crippen LogP contribution in [0.1, 0.15) is 66.7 Å². The molecule has 4 rings (SSSR count). The largest absolute Gasteiger partial charge is 0.416 e. The summed E-state index contributed by atoms with van der Waals surface area (Å²) < 4.78 is 38.0. The summed E-state index contributed by atoms with van der Waals surface area (Å²) >= 11 is 0. The second-order valence-corrected chi connectivity index (χ2v) is 9.11. The highest BCUT2D eigenvalue weighted by atomic mass is 19.4. The van der Waals surface area contributed by atoms with E-state index in [-0.39, 0.29) is 0 Å². The van der Waals surface area contributed by atoms with Crippen molar-refractivity contribution in [1.29, 1.82) is 0 Å². The van der Waals surface area contributed by atoms with Crippen molar-refractivity contribution < 1.29 is 13.2 Å². The minimum absolute atomic E-state index is 0.558. The third-order valence-corrected chi connectivity index (χ3v) is 6.79. The smallest absolute Gasteiger partial charge is 0.166 e. The lowest BCUT2D eigenvalue weighted by molar-refractivity contribution is -0.137. The molecule has 34 heavy (non-hydrogen) atoms. The standard InChI is InChI=1S/C31H29F3/c1-2-3-4-23-7-13-26(14-8-23)28-17-19-29(20-18-28)27-15-9-24(10-16-27)5-6-25-11-21-30(22-12-25)31(32,33)34/h2,9-12,15-23,26H,1,3-4,7-8,13-14H2. The molecule has 0 bridgehead atoms. The van der Waals surface area contributed by atoms with Crippen LogP contribution in [0.15, 0.2) is 85.5 Å². The summed E-state index contributed by atoms with van der Waals surface area (Å²) in [5.41, 5.74) is 4.45. The molecule has 1 aliphatic rings. The highest BCUT2D eigenvalue weighted by molar-refractivity contribution is 5.65. The van der Waals surface area contributed by atoms with E-state index in [2.05, 4.69) is 42.7 Å². The summed E-state index contributed by atoms with van der Waals surface area (Å²) in [5.74, 6) is 7.48. The molecule has 1 aliphatic carbocycles. The van der Waals surface area contributed by atoms with Crippen molar-refractivity contribution >= 4 is 0 Å². The van der Waals surface area contributed by atoms with Crippen LogP contribution >= 0.6 is 0 Å². The summed E-state index contributed by atoms with van der Waals surface area (Å²) in [7, 11) is 0. The zero-order valence-electron chi connectivity index (χ0n) is 19.2. The van der Waals surface area contributed by atoms with Gasteiger partial charge < -0.3 is 0 Å². The fourth-order valence-electron chi connectivity index (χ4n) is 4.72. The fourth-order valence-corrected chi connectivity index (χ4v) is 4.72. The summed E-state index contributed by atoms with van der Waals surface area (Å²) in [6, 6.07) is 21.8. The highest BCUT2D eigenvalue weighted by Gasteiger charge is 2.29. The van der Waals surface area contributed by atoms with E-state index in [1.165, 1.54) is 55.4 Å². The fraction of sp³-hybridized carbons (Fsp3) is 0.290. The van der Waals surface area contributed by atoms with E-state index in [0.717, 1.165) is 35.6 Å². The number of halogens is 3. The van der Waals surface area contributed by atoms with Gasteiger partial charge in [0.1, 0.15) is 0 Å². The number of hydrogen-bond acceptors (Lipinski definition) is 0. The Bertz CT molecular complexity index is 1130. The number of benzene rings is 3. The van der Waals surface area contributed by atoms with Crippen molar-refractivity contribution in [3.8, 4) is 23.0 Å². The van der Waals surface area contributed by atoms with Gasteiger partial charge in [-0.2, -0.15) is 13.2 Å². The lowest BCUT2D eigenvalue weighted by Crippen LogP contribution is -2.13. The van der Waals surface area contributed by atoms with Crippen LogP contribution in [0.5, 0.6) is 0 Å². The Labute approximate surface area is 200 Å². The highest BCUT2D eigenvalue weighted by Crippen LogP contribution is 2.38. The Hall–Kier alpha value is -3.25. The van der Waals surface area contributed by atoms with Gasteiger partial charge in [-0.1, -0.05) is 54.3 Å². The normalized spacial score (nSPS) is 18.1. The summed E-state index contributed by atoms with van der Waals surface area (Å²) in [6.07, 6.45) is 5.28. The van der Waals surface area contributed by atoms with E-state index in [0.29, 0.717) is 11.5 Å². The Morgan fingerprint density at radius 2 is 1.24 bits per heavy atom. The molecule has 3 aromatic rings. The van der Waals surface area contributed by atoms with E-state index < -0.39 is 11.7 Å². The molecule has 174 valence electrons. The molecule has 0 nitrogen and oxygen atoms in total. The second kappa shape index (κ2) is 10.8. The molecule has 0 atom stereocenters. The predicted molar refractivity (Wildman–Crippen MR) is 133 cm³/mol. The van der Waals surface area contributed by atoms with Gasteiger partial charge in [0.15, 0.2) is 0 Å². The third kappa shape index (κ3) is 6.20. The van der Waals surface area contributed by atoms with E-state index in [1.54, 1.807) is 0 Å². The van der Waals surface area contributed by atoms with Gasteiger partial charge in [-0.05, 0) is 103 Å². The lowest BCUT2D eigenvalue weighted by atomic mass is 9.77. The van der Waals surface area contributed by atoms with Crippen LogP contribution < -0.4 is 0 Å². The molecule has 0 unspecified atom stereocenters. The maximum absolute atomic E-state index is 12.7. The van der Waals surface area contributed by atoms with Crippen LogP contribution in [-0.4, -0.2) is 0 Å². The van der Waals surface area contributed by atoms with Gasteiger partial charge in [-0.15, -0.1) is 6.58 Å². The monoisotopic (exact) mass is 458 g/mol. The van der Waals surface area contributed by atoms with E-state index in [9.17, 15) is 13.2 Å². The van der Waals surface area contributed by atoms with Crippen molar-refractivity contribution in [3.05, 3.63) is 108 Å². The topological polar surface area (TPSA) is 0 Å². The van der Waals surface area contributed by atoms with Crippen LogP contribution in [0.2, 0.25) is 0 Å². The molecule has 3 heteroatoms. The van der Waals surface area contributed by atoms with Gasteiger partial charge in [0.2, 0.25) is 0 Å². The molecule has 0 radical (unpaired) electrons. The molecule has 0 N–H and O–H groups in total. The zero-order chi connectivity index (χ0) is 24.0. The number of allylic oxidation sites excluding steroid dienone is 1. The number of hydrogen-bond donors (Lipinski definition) is 0. The number of alkyl halides is 3. The van der Waals surface area contributed by atoms with Gasteiger partial charge in [-0.25, -0.2) is 0 Å². The molecule has 0 amide bonds. The van der Waals surface area contributed by atoms with Gasteiger partial charge in [0, 0.05) is 11.1 Å². The van der Waals surface area contributed by atoms with Crippen LogP contribution in [0.4, 0.5) is 13.2 Å². The van der Waals surface area contributed by atoms with Crippen molar-refractivity contribution in [2.75, 3.05) is 0 Å². The van der Waals surface area contributed by atoms with Crippen LogP contribution in [0, 0.1) is 17.8 Å². The molecule has 1 saturated carbocycles. The Morgan fingerprint density at radius 1 is 0.735 bits per heavy atom. The lowest BCUT2D eigenvalue weighted by Gasteiger charge is -2.28. The second-order valence-electron chi connectivity index (χ2n) is 9.11. The van der Waals surface area contributed by atoms with Crippen LogP contribution in [0.25, 0.3) is 11.1 Å². The Morgan fingerprint density at radius 3 is 1.74 bits per heavy atom. The molecule has 3 aromatic carbocycles. The van der Waals surface area contributed by atoms with Crippen molar-refractivity contribution in [3.63, 3.8) is 0 Å². The van der Waals surface area contributed by atoms with Crippen molar-refractivity contribution in [2.24, 2.45) is 5.92 Å². The zero-order valence-corrected chi connectivity index (χ0v) is 19.2. The average molecular weight is 459 g/mol. The Kier molecular flexibility index (Phi) is 7.58. The minimum Gasteiger partial charge on any atom is -0.166 e. The van der Waals surface area contributed by atoms with Gasteiger partial charge in [0.25, 0.3) is 0 Å². The summed E-state index contributed by atoms with van der Waals surface area (Å²) in [4.78, 5) is 0. The molecular weight excluding hydrogens is 429 g/mol. The maximum Gasteiger partial charge on any atom is 0.416 e. The van der Waals surface area contributed by atoms with Crippen molar-refractivity contribution in [2.45, 2.75) is 50.6 Å². The third-order valence-electron chi connectivity index (χ3n) is 6.79. The first kappa shape index (κ1) is 23.9. The first-order valence-corrected chi connectivity index (χ1v) is 11.9. The van der Waals surface area contributed by atoms with Gasteiger partial charge in [-0.3, -0.25) is 0 Å².